The van der Waals surface area contributed by atoms with Crippen LogP contribution < -0.4 is 0 Å². The topological polar surface area (TPSA) is 0 Å². The predicted octanol–water partition coefficient (Wildman–Crippen LogP) is 5.49. The van der Waals surface area contributed by atoms with Gasteiger partial charge in [-0.1, -0.05) is 84.1 Å². The van der Waals surface area contributed by atoms with E-state index in [0.29, 0.717) is 0 Å². The number of benzene rings is 3. The number of aryl methyl sites for hydroxylation is 2. The third kappa shape index (κ3) is 3.71. The highest BCUT2D eigenvalue weighted by Gasteiger charge is 2.13. The second-order valence-corrected chi connectivity index (χ2v) is 5.84. The van der Waals surface area contributed by atoms with Crippen molar-refractivity contribution in [1.29, 1.82) is 0 Å². The molecule has 0 saturated carbocycles. The Balaban J connectivity index is 2.08. The molecule has 0 spiro atoms. The van der Waals surface area contributed by atoms with E-state index < -0.39 is 0 Å². The molecular weight excluding hydrogens is 276 g/mol. The minimum Gasteiger partial charge on any atom is -0.0848 e. The fourth-order valence-corrected chi connectivity index (χ4v) is 2.73. The fraction of sp³-hybridized carbons (Fsp3) is 0.130. The van der Waals surface area contributed by atoms with E-state index in [9.17, 15) is 0 Å². The number of rotatable bonds is 2. The standard InChI is InChI=1S/C23H20/c1-18-13-14-19(2)23(17-18)22(21-11-7-4-8-12-21)16-15-20-9-5-3-6-10-20/h3-14,17,22H,1-2H3. The molecular formula is C23H20. The lowest BCUT2D eigenvalue weighted by atomic mass is 9.88. The highest BCUT2D eigenvalue weighted by atomic mass is 14.2. The van der Waals surface area contributed by atoms with E-state index in [1.165, 1.54) is 22.3 Å². The molecule has 0 aliphatic rings. The van der Waals surface area contributed by atoms with E-state index in [-0.39, 0.29) is 5.92 Å². The van der Waals surface area contributed by atoms with Crippen molar-refractivity contribution < 1.29 is 0 Å². The SMILES string of the molecule is Cc1ccc(C)c(C(C#Cc2ccccc2)c2ccccc2)c1. The lowest BCUT2D eigenvalue weighted by molar-refractivity contribution is 1.04. The molecule has 0 aromatic heterocycles. The third-order valence-electron chi connectivity index (χ3n) is 4.01. The second-order valence-electron chi connectivity index (χ2n) is 5.84. The molecule has 3 aromatic rings. The molecule has 1 atom stereocenters. The van der Waals surface area contributed by atoms with E-state index in [4.69, 9.17) is 0 Å². The molecule has 0 amide bonds. The quantitative estimate of drug-likeness (QED) is 0.549. The van der Waals surface area contributed by atoms with Crippen LogP contribution in [-0.2, 0) is 0 Å². The van der Waals surface area contributed by atoms with E-state index in [2.05, 4.69) is 80.3 Å². The first-order chi connectivity index (χ1) is 11.2. The lowest BCUT2D eigenvalue weighted by Gasteiger charge is -2.15. The van der Waals surface area contributed by atoms with Crippen LogP contribution in [0.1, 0.15) is 33.7 Å². The molecule has 3 aromatic carbocycles. The summed E-state index contributed by atoms with van der Waals surface area (Å²) in [6.45, 7) is 4.30. The molecule has 3 rings (SSSR count). The molecule has 0 heteroatoms. The van der Waals surface area contributed by atoms with Gasteiger partial charge in [-0.2, -0.15) is 0 Å². The average molecular weight is 296 g/mol. The summed E-state index contributed by atoms with van der Waals surface area (Å²) in [5.74, 6) is 6.92. The highest BCUT2D eigenvalue weighted by molar-refractivity contribution is 5.47. The first-order valence-corrected chi connectivity index (χ1v) is 7.93. The molecule has 0 nitrogen and oxygen atoms in total. The van der Waals surface area contributed by atoms with Gasteiger partial charge in [-0.3, -0.25) is 0 Å². The van der Waals surface area contributed by atoms with Crippen molar-refractivity contribution in [3.63, 3.8) is 0 Å². The zero-order valence-electron chi connectivity index (χ0n) is 13.6. The zero-order valence-corrected chi connectivity index (χ0v) is 13.6. The molecule has 0 N–H and O–H groups in total. The summed E-state index contributed by atoms with van der Waals surface area (Å²) in [5, 5.41) is 0. The van der Waals surface area contributed by atoms with Gasteiger partial charge >= 0.3 is 0 Å². The van der Waals surface area contributed by atoms with Gasteiger partial charge in [0.05, 0.1) is 5.92 Å². The largest absolute Gasteiger partial charge is 0.0848 e. The monoisotopic (exact) mass is 296 g/mol. The van der Waals surface area contributed by atoms with Crippen LogP contribution in [0.25, 0.3) is 0 Å². The Hall–Kier alpha value is -2.78. The van der Waals surface area contributed by atoms with Gasteiger partial charge in [0, 0.05) is 5.56 Å². The number of hydrogen-bond acceptors (Lipinski definition) is 0. The molecule has 23 heavy (non-hydrogen) atoms. The van der Waals surface area contributed by atoms with E-state index in [1.54, 1.807) is 0 Å². The van der Waals surface area contributed by atoms with E-state index >= 15 is 0 Å². The van der Waals surface area contributed by atoms with Crippen LogP contribution in [0.5, 0.6) is 0 Å². The average Bonchev–Trinajstić information content (AvgIpc) is 2.60. The van der Waals surface area contributed by atoms with Crippen LogP contribution in [0, 0.1) is 25.7 Å². The van der Waals surface area contributed by atoms with Gasteiger partial charge < -0.3 is 0 Å². The van der Waals surface area contributed by atoms with Gasteiger partial charge in [0.15, 0.2) is 0 Å². The Kier molecular flexibility index (Phi) is 4.60. The van der Waals surface area contributed by atoms with Crippen LogP contribution in [0.2, 0.25) is 0 Å². The fourth-order valence-electron chi connectivity index (χ4n) is 2.73. The molecule has 0 aliphatic carbocycles. The summed E-state index contributed by atoms with van der Waals surface area (Å²) in [5.41, 5.74) is 6.14. The van der Waals surface area contributed by atoms with E-state index in [0.717, 1.165) is 5.56 Å². The Morgan fingerprint density at radius 2 is 1.39 bits per heavy atom. The molecule has 0 radical (unpaired) electrons. The third-order valence-corrected chi connectivity index (χ3v) is 4.01. The van der Waals surface area contributed by atoms with Crippen molar-refractivity contribution in [3.05, 3.63) is 107 Å². The summed E-state index contributed by atoms with van der Waals surface area (Å²) < 4.78 is 0. The minimum atomic E-state index is 0.0938. The maximum absolute atomic E-state index is 3.49. The van der Waals surface area contributed by atoms with Gasteiger partial charge in [0.25, 0.3) is 0 Å². The van der Waals surface area contributed by atoms with Gasteiger partial charge in [0.2, 0.25) is 0 Å². The normalized spacial score (nSPS) is 11.4. The molecule has 1 unspecified atom stereocenters. The van der Waals surface area contributed by atoms with Crippen molar-refractivity contribution in [3.8, 4) is 11.8 Å². The van der Waals surface area contributed by atoms with Crippen molar-refractivity contribution in [2.24, 2.45) is 0 Å². The summed E-state index contributed by atoms with van der Waals surface area (Å²) in [6, 6.07) is 27.3. The van der Waals surface area contributed by atoms with Gasteiger partial charge in [-0.25, -0.2) is 0 Å². The molecule has 0 bridgehead atoms. The Bertz CT molecular complexity index is 833. The van der Waals surface area contributed by atoms with Crippen LogP contribution in [-0.4, -0.2) is 0 Å². The highest BCUT2D eigenvalue weighted by Crippen LogP contribution is 2.27. The first-order valence-electron chi connectivity index (χ1n) is 7.93. The second kappa shape index (κ2) is 6.99. The van der Waals surface area contributed by atoms with Crippen LogP contribution in [0.15, 0.2) is 78.9 Å². The summed E-state index contributed by atoms with van der Waals surface area (Å²) in [4.78, 5) is 0. The van der Waals surface area contributed by atoms with Crippen LogP contribution in [0.4, 0.5) is 0 Å². The first kappa shape index (κ1) is 15.1. The molecule has 0 aliphatic heterocycles. The maximum Gasteiger partial charge on any atom is 0.0708 e. The molecule has 0 heterocycles. The minimum absolute atomic E-state index is 0.0938. The Morgan fingerprint density at radius 3 is 2.09 bits per heavy atom. The summed E-state index contributed by atoms with van der Waals surface area (Å²) >= 11 is 0. The smallest absolute Gasteiger partial charge is 0.0708 e. The van der Waals surface area contributed by atoms with Crippen LogP contribution in [0.3, 0.4) is 0 Å². The molecule has 112 valence electrons. The van der Waals surface area contributed by atoms with Gasteiger partial charge in [-0.05, 0) is 42.7 Å². The lowest BCUT2D eigenvalue weighted by Crippen LogP contribution is -2.01. The molecule has 0 saturated heterocycles. The van der Waals surface area contributed by atoms with Crippen molar-refractivity contribution in [2.45, 2.75) is 19.8 Å². The van der Waals surface area contributed by atoms with Crippen molar-refractivity contribution >= 4 is 0 Å². The number of hydrogen-bond donors (Lipinski definition) is 0. The van der Waals surface area contributed by atoms with Crippen molar-refractivity contribution in [2.75, 3.05) is 0 Å². The maximum atomic E-state index is 3.49. The van der Waals surface area contributed by atoms with Crippen LogP contribution >= 0.6 is 0 Å². The molecule has 0 fully saturated rings. The summed E-state index contributed by atoms with van der Waals surface area (Å²) in [7, 11) is 0. The van der Waals surface area contributed by atoms with Gasteiger partial charge in [0.1, 0.15) is 0 Å². The van der Waals surface area contributed by atoms with E-state index in [1.807, 2.05) is 24.3 Å². The summed E-state index contributed by atoms with van der Waals surface area (Å²) in [6.07, 6.45) is 0. The Morgan fingerprint density at radius 1 is 0.739 bits per heavy atom. The van der Waals surface area contributed by atoms with Crippen molar-refractivity contribution in [1.82, 2.24) is 0 Å². The zero-order chi connectivity index (χ0) is 16.1. The predicted molar refractivity (Wildman–Crippen MR) is 97.5 cm³/mol. The Labute approximate surface area is 138 Å². The van der Waals surface area contributed by atoms with Gasteiger partial charge in [-0.15, -0.1) is 0 Å².